The summed E-state index contributed by atoms with van der Waals surface area (Å²) in [6, 6.07) is 11.7. The molecule has 1 amide bonds. The third kappa shape index (κ3) is 4.05. The molecule has 1 unspecified atom stereocenters. The van der Waals surface area contributed by atoms with Gasteiger partial charge in [-0.3, -0.25) is 4.79 Å². The molecule has 1 atom stereocenters. The molecule has 6 nitrogen and oxygen atoms in total. The molecule has 0 bridgehead atoms. The van der Waals surface area contributed by atoms with E-state index in [2.05, 4.69) is 15.3 Å². The van der Waals surface area contributed by atoms with Crippen molar-refractivity contribution in [2.45, 2.75) is 12.5 Å². The lowest BCUT2D eigenvalue weighted by Crippen LogP contribution is -2.37. The molecular formula is C21H20ClFN4O2. The molecule has 8 heteroatoms. The summed E-state index contributed by atoms with van der Waals surface area (Å²) in [5.41, 5.74) is 1.59. The second kappa shape index (κ2) is 8.13. The average molecular weight is 415 g/mol. The van der Waals surface area contributed by atoms with Gasteiger partial charge in [0.2, 0.25) is 0 Å². The summed E-state index contributed by atoms with van der Waals surface area (Å²) >= 11 is 6.13. The zero-order valence-electron chi connectivity index (χ0n) is 15.8. The van der Waals surface area contributed by atoms with Crippen LogP contribution in [0.2, 0.25) is 5.02 Å². The van der Waals surface area contributed by atoms with Gasteiger partial charge in [0.15, 0.2) is 0 Å². The fourth-order valence-corrected chi connectivity index (χ4v) is 3.65. The van der Waals surface area contributed by atoms with E-state index >= 15 is 0 Å². The van der Waals surface area contributed by atoms with Gasteiger partial charge in [-0.25, -0.2) is 9.07 Å². The van der Waals surface area contributed by atoms with Gasteiger partial charge in [-0.2, -0.15) is 5.10 Å². The summed E-state index contributed by atoms with van der Waals surface area (Å²) in [6.45, 7) is 1.42. The van der Waals surface area contributed by atoms with Crippen molar-refractivity contribution in [2.24, 2.45) is 0 Å². The lowest BCUT2D eigenvalue weighted by Gasteiger charge is -2.21. The molecule has 1 fully saturated rings. The Morgan fingerprint density at radius 1 is 1.28 bits per heavy atom. The minimum Gasteiger partial charge on any atom is -0.495 e. The lowest BCUT2D eigenvalue weighted by atomic mass is 10.2. The summed E-state index contributed by atoms with van der Waals surface area (Å²) in [6.07, 6.45) is 3.76. The first-order valence-corrected chi connectivity index (χ1v) is 9.62. The van der Waals surface area contributed by atoms with E-state index < -0.39 is 5.82 Å². The van der Waals surface area contributed by atoms with Gasteiger partial charge >= 0.3 is 0 Å². The fourth-order valence-electron chi connectivity index (χ4n) is 3.49. The van der Waals surface area contributed by atoms with Gasteiger partial charge in [-0.15, -0.1) is 0 Å². The first-order chi connectivity index (χ1) is 14.0. The van der Waals surface area contributed by atoms with Crippen LogP contribution in [0, 0.1) is 5.82 Å². The molecule has 2 aromatic carbocycles. The van der Waals surface area contributed by atoms with Gasteiger partial charge in [-0.1, -0.05) is 23.7 Å². The Morgan fingerprint density at radius 3 is 2.90 bits per heavy atom. The maximum absolute atomic E-state index is 13.9. The van der Waals surface area contributed by atoms with E-state index in [9.17, 15) is 9.18 Å². The predicted molar refractivity (Wildman–Crippen MR) is 110 cm³/mol. The molecule has 0 aliphatic carbocycles. The number of hydrogen-bond acceptors (Lipinski definition) is 4. The first kappa shape index (κ1) is 19.3. The zero-order valence-corrected chi connectivity index (χ0v) is 16.6. The predicted octanol–water partition coefficient (Wildman–Crippen LogP) is 3.68. The Hall–Kier alpha value is -3.06. The number of benzene rings is 2. The van der Waals surface area contributed by atoms with Crippen molar-refractivity contribution in [3.8, 4) is 11.4 Å². The number of hydrogen-bond donors (Lipinski definition) is 1. The smallest absolute Gasteiger partial charge is 0.254 e. The Kier molecular flexibility index (Phi) is 5.40. The van der Waals surface area contributed by atoms with Crippen molar-refractivity contribution in [3.05, 3.63) is 71.3 Å². The number of carbonyl (C=O) groups excluding carboxylic acids is 1. The highest BCUT2D eigenvalue weighted by molar-refractivity contribution is 6.30. The molecule has 0 saturated carbocycles. The second-order valence-electron chi connectivity index (χ2n) is 6.85. The van der Waals surface area contributed by atoms with Crippen LogP contribution in [0.3, 0.4) is 0 Å². The van der Waals surface area contributed by atoms with Crippen LogP contribution in [0.5, 0.6) is 5.75 Å². The number of aromatic nitrogens is 2. The van der Waals surface area contributed by atoms with Crippen LogP contribution in [0.15, 0.2) is 54.9 Å². The third-order valence-corrected chi connectivity index (χ3v) is 5.18. The number of nitrogens with zero attached hydrogens (tertiary/aromatic N) is 3. The SMILES string of the molecule is COc1ccc(Cl)cc1N1CCC(NC(=O)c2cnn(-c3ccccc3F)c2)C1. The fraction of sp³-hybridized carbons (Fsp3) is 0.238. The molecule has 1 aliphatic heterocycles. The van der Waals surface area contributed by atoms with Gasteiger partial charge in [0.05, 0.1) is 24.6 Å². The molecule has 4 rings (SSSR count). The molecule has 3 aromatic rings. The van der Waals surface area contributed by atoms with Crippen LogP contribution >= 0.6 is 11.6 Å². The molecule has 0 radical (unpaired) electrons. The summed E-state index contributed by atoms with van der Waals surface area (Å²) in [4.78, 5) is 14.8. The topological polar surface area (TPSA) is 59.4 Å². The van der Waals surface area contributed by atoms with E-state index in [0.29, 0.717) is 22.8 Å². The largest absolute Gasteiger partial charge is 0.495 e. The molecule has 0 spiro atoms. The molecular weight excluding hydrogens is 395 g/mol. The monoisotopic (exact) mass is 414 g/mol. The van der Waals surface area contributed by atoms with Gasteiger partial charge in [-0.05, 0) is 36.8 Å². The number of rotatable bonds is 5. The van der Waals surface area contributed by atoms with Crippen molar-refractivity contribution in [2.75, 3.05) is 25.1 Å². The highest BCUT2D eigenvalue weighted by Gasteiger charge is 2.26. The molecule has 1 N–H and O–H groups in total. The number of amides is 1. The van der Waals surface area contributed by atoms with Crippen LogP contribution in [0.25, 0.3) is 5.69 Å². The molecule has 1 saturated heterocycles. The molecule has 29 heavy (non-hydrogen) atoms. The average Bonchev–Trinajstić information content (AvgIpc) is 3.38. The van der Waals surface area contributed by atoms with Crippen molar-refractivity contribution in [3.63, 3.8) is 0 Å². The van der Waals surface area contributed by atoms with Crippen molar-refractivity contribution >= 4 is 23.2 Å². The summed E-state index contributed by atoms with van der Waals surface area (Å²) in [5.74, 6) is 0.106. The van der Waals surface area contributed by atoms with Crippen LogP contribution in [0.1, 0.15) is 16.8 Å². The number of ether oxygens (including phenoxy) is 1. The minimum atomic E-state index is -0.399. The standard InChI is InChI=1S/C21H20ClFN4O2/c1-29-20-7-6-15(22)10-19(20)26-9-8-16(13-26)25-21(28)14-11-24-27(12-14)18-5-3-2-4-17(18)23/h2-7,10-12,16H,8-9,13H2,1H3,(H,25,28). The van der Waals surface area contributed by atoms with Crippen LogP contribution in [-0.2, 0) is 0 Å². The van der Waals surface area contributed by atoms with Gasteiger partial charge in [0.1, 0.15) is 17.3 Å². The van der Waals surface area contributed by atoms with Gasteiger partial charge < -0.3 is 15.0 Å². The first-order valence-electron chi connectivity index (χ1n) is 9.24. The number of nitrogens with one attached hydrogen (secondary N) is 1. The molecule has 2 heterocycles. The number of carbonyl (C=O) groups is 1. The molecule has 1 aliphatic rings. The van der Waals surface area contributed by atoms with Crippen LogP contribution in [0.4, 0.5) is 10.1 Å². The summed E-state index contributed by atoms with van der Waals surface area (Å²) in [7, 11) is 1.62. The Bertz CT molecular complexity index is 1040. The maximum Gasteiger partial charge on any atom is 0.254 e. The molecule has 1 aromatic heterocycles. The zero-order chi connectivity index (χ0) is 20.4. The lowest BCUT2D eigenvalue weighted by molar-refractivity contribution is 0.0940. The van der Waals surface area contributed by atoms with E-state index in [-0.39, 0.29) is 11.9 Å². The highest BCUT2D eigenvalue weighted by atomic mass is 35.5. The van der Waals surface area contributed by atoms with Gasteiger partial charge in [0, 0.05) is 30.4 Å². The Morgan fingerprint density at radius 2 is 2.10 bits per heavy atom. The number of halogens is 2. The number of anilines is 1. The quantitative estimate of drug-likeness (QED) is 0.691. The van der Waals surface area contributed by atoms with Crippen molar-refractivity contribution < 1.29 is 13.9 Å². The van der Waals surface area contributed by atoms with Crippen LogP contribution < -0.4 is 15.0 Å². The van der Waals surface area contributed by atoms with Gasteiger partial charge in [0.25, 0.3) is 5.91 Å². The third-order valence-electron chi connectivity index (χ3n) is 4.95. The van der Waals surface area contributed by atoms with E-state index in [0.717, 1.165) is 24.4 Å². The number of methoxy groups -OCH3 is 1. The van der Waals surface area contributed by atoms with Crippen molar-refractivity contribution in [1.29, 1.82) is 0 Å². The van der Waals surface area contributed by atoms with E-state index in [4.69, 9.17) is 16.3 Å². The summed E-state index contributed by atoms with van der Waals surface area (Å²) < 4.78 is 20.7. The number of para-hydroxylation sites is 1. The van der Waals surface area contributed by atoms with E-state index in [1.165, 1.54) is 23.1 Å². The van der Waals surface area contributed by atoms with E-state index in [1.54, 1.807) is 31.4 Å². The second-order valence-corrected chi connectivity index (χ2v) is 7.28. The summed E-state index contributed by atoms with van der Waals surface area (Å²) in [5, 5.41) is 7.77. The maximum atomic E-state index is 13.9. The van der Waals surface area contributed by atoms with E-state index in [1.807, 2.05) is 12.1 Å². The Labute approximate surface area is 172 Å². The normalized spacial score (nSPS) is 16.1. The molecule has 150 valence electrons. The van der Waals surface area contributed by atoms with Crippen LogP contribution in [-0.4, -0.2) is 41.9 Å². The minimum absolute atomic E-state index is 0.0250. The van der Waals surface area contributed by atoms with Crippen molar-refractivity contribution in [1.82, 2.24) is 15.1 Å². The Balaban J connectivity index is 1.43. The highest BCUT2D eigenvalue weighted by Crippen LogP contribution is 2.33.